The molecule has 0 atom stereocenters. The largest absolute Gasteiger partial charge is 0.514 e. The summed E-state index contributed by atoms with van der Waals surface area (Å²) >= 11 is 0. The van der Waals surface area contributed by atoms with E-state index in [1.54, 1.807) is 6.07 Å². The second-order valence-corrected chi connectivity index (χ2v) is 6.14. The minimum absolute atomic E-state index is 0.0416. The number of aromatic nitrogens is 1. The summed E-state index contributed by atoms with van der Waals surface area (Å²) in [5, 5.41) is 13.5. The molecule has 0 aliphatic carbocycles. The van der Waals surface area contributed by atoms with Gasteiger partial charge in [0.2, 0.25) is 5.88 Å². The number of carbonyl (C=O) groups is 2. The molecule has 7 heteroatoms. The number of methoxy groups -OCH3 is 1. The smallest absolute Gasteiger partial charge is 0.506 e. The van der Waals surface area contributed by atoms with E-state index in [0.717, 1.165) is 0 Å². The van der Waals surface area contributed by atoms with Crippen LogP contribution in [0.4, 0.5) is 4.79 Å². The van der Waals surface area contributed by atoms with Gasteiger partial charge in [0, 0.05) is 22.6 Å². The SMILES string of the molecule is COC(=O)Oc1cc2c(C(=O)CNC(C)(C)C)ccc(O)c2[nH]1. The predicted octanol–water partition coefficient (Wildman–Crippen LogP) is 2.59. The summed E-state index contributed by atoms with van der Waals surface area (Å²) in [5.41, 5.74) is 0.555. The zero-order chi connectivity index (χ0) is 17.2. The number of aromatic hydroxyl groups is 1. The van der Waals surface area contributed by atoms with Crippen molar-refractivity contribution < 1.29 is 24.2 Å². The van der Waals surface area contributed by atoms with Crippen molar-refractivity contribution in [2.45, 2.75) is 26.3 Å². The molecule has 2 rings (SSSR count). The molecule has 1 aromatic carbocycles. The van der Waals surface area contributed by atoms with Crippen molar-refractivity contribution in [2.24, 2.45) is 0 Å². The van der Waals surface area contributed by atoms with E-state index in [2.05, 4.69) is 15.0 Å². The number of carbonyl (C=O) groups excluding carboxylic acids is 2. The third-order valence-electron chi connectivity index (χ3n) is 3.19. The number of hydrogen-bond acceptors (Lipinski definition) is 6. The second kappa shape index (κ2) is 6.29. The molecule has 3 N–H and O–H groups in total. The molecule has 0 unspecified atom stereocenters. The lowest BCUT2D eigenvalue weighted by atomic mass is 10.0. The van der Waals surface area contributed by atoms with E-state index in [9.17, 15) is 14.7 Å². The summed E-state index contributed by atoms with van der Waals surface area (Å²) in [6.45, 7) is 6.05. The Morgan fingerprint density at radius 1 is 1.30 bits per heavy atom. The van der Waals surface area contributed by atoms with Crippen molar-refractivity contribution in [3.8, 4) is 11.6 Å². The predicted molar refractivity (Wildman–Crippen MR) is 85.1 cm³/mol. The first-order valence-electron chi connectivity index (χ1n) is 7.10. The van der Waals surface area contributed by atoms with Crippen molar-refractivity contribution in [3.63, 3.8) is 0 Å². The molecule has 1 heterocycles. The number of ether oxygens (including phenoxy) is 2. The van der Waals surface area contributed by atoms with Crippen LogP contribution in [0.2, 0.25) is 0 Å². The number of phenolic OH excluding ortho intramolecular Hbond substituents is 1. The number of benzene rings is 1. The fourth-order valence-corrected chi connectivity index (χ4v) is 2.05. The standard InChI is InChI=1S/C16H20N2O5/c1-16(2,3)17-8-12(20)9-5-6-11(19)14-10(9)7-13(18-14)23-15(21)22-4/h5-7,17-19H,8H2,1-4H3. The van der Waals surface area contributed by atoms with Crippen LogP contribution in [0.5, 0.6) is 11.6 Å². The number of rotatable bonds is 4. The molecular weight excluding hydrogens is 300 g/mol. The first-order chi connectivity index (χ1) is 10.7. The molecule has 0 amide bonds. The number of ketones is 1. The molecule has 0 bridgehead atoms. The van der Waals surface area contributed by atoms with E-state index in [4.69, 9.17) is 4.74 Å². The number of Topliss-reactive ketones (excluding diaryl/α,β-unsaturated/α-hetero) is 1. The van der Waals surface area contributed by atoms with E-state index in [0.29, 0.717) is 16.5 Å². The van der Waals surface area contributed by atoms with Crippen LogP contribution >= 0.6 is 0 Å². The molecule has 0 aliphatic rings. The quantitative estimate of drug-likeness (QED) is 0.591. The monoisotopic (exact) mass is 320 g/mol. The van der Waals surface area contributed by atoms with Crippen molar-refractivity contribution in [1.29, 1.82) is 0 Å². The van der Waals surface area contributed by atoms with Gasteiger partial charge in [0.15, 0.2) is 5.78 Å². The summed E-state index contributed by atoms with van der Waals surface area (Å²) < 4.78 is 9.31. The molecular formula is C16H20N2O5. The molecule has 1 aromatic heterocycles. The molecule has 0 radical (unpaired) electrons. The van der Waals surface area contributed by atoms with Crippen molar-refractivity contribution in [3.05, 3.63) is 23.8 Å². The van der Waals surface area contributed by atoms with Crippen molar-refractivity contribution in [1.82, 2.24) is 10.3 Å². The van der Waals surface area contributed by atoms with Crippen LogP contribution in [0.1, 0.15) is 31.1 Å². The Balaban J connectivity index is 2.35. The summed E-state index contributed by atoms with van der Waals surface area (Å²) in [5.74, 6) is -0.0835. The fourth-order valence-electron chi connectivity index (χ4n) is 2.05. The average molecular weight is 320 g/mol. The summed E-state index contributed by atoms with van der Waals surface area (Å²) in [6.07, 6.45) is -0.890. The number of nitrogens with one attached hydrogen (secondary N) is 2. The van der Waals surface area contributed by atoms with Crippen LogP contribution in [-0.4, -0.2) is 41.2 Å². The molecule has 124 valence electrons. The van der Waals surface area contributed by atoms with E-state index in [1.165, 1.54) is 19.2 Å². The van der Waals surface area contributed by atoms with E-state index in [-0.39, 0.29) is 29.5 Å². The van der Waals surface area contributed by atoms with Crippen LogP contribution < -0.4 is 10.1 Å². The fraction of sp³-hybridized carbons (Fsp3) is 0.375. The molecule has 7 nitrogen and oxygen atoms in total. The Kier molecular flexibility index (Phi) is 4.60. The number of hydrogen-bond donors (Lipinski definition) is 3. The van der Waals surface area contributed by atoms with Crippen LogP contribution in [-0.2, 0) is 4.74 Å². The molecule has 2 aromatic rings. The Bertz CT molecular complexity index is 743. The highest BCUT2D eigenvalue weighted by Crippen LogP contribution is 2.31. The molecule has 0 saturated heterocycles. The van der Waals surface area contributed by atoms with Crippen LogP contribution in [0.3, 0.4) is 0 Å². The van der Waals surface area contributed by atoms with Gasteiger partial charge in [0.1, 0.15) is 5.75 Å². The van der Waals surface area contributed by atoms with Crippen LogP contribution in [0, 0.1) is 0 Å². The van der Waals surface area contributed by atoms with Crippen molar-refractivity contribution >= 4 is 22.8 Å². The van der Waals surface area contributed by atoms with Gasteiger partial charge in [0.25, 0.3) is 0 Å². The number of phenols is 1. The Morgan fingerprint density at radius 2 is 2.00 bits per heavy atom. The normalized spacial score (nSPS) is 11.5. The lowest BCUT2D eigenvalue weighted by molar-refractivity contribution is 0.0983. The molecule has 0 spiro atoms. The van der Waals surface area contributed by atoms with Crippen LogP contribution in [0.25, 0.3) is 10.9 Å². The highest BCUT2D eigenvalue weighted by Gasteiger charge is 2.18. The van der Waals surface area contributed by atoms with Crippen molar-refractivity contribution in [2.75, 3.05) is 13.7 Å². The van der Waals surface area contributed by atoms with Gasteiger partial charge in [-0.25, -0.2) is 4.79 Å². The third kappa shape index (κ3) is 4.01. The summed E-state index contributed by atoms with van der Waals surface area (Å²) in [6, 6.07) is 4.45. The van der Waals surface area contributed by atoms with Gasteiger partial charge in [-0.3, -0.25) is 4.79 Å². The first-order valence-corrected chi connectivity index (χ1v) is 7.10. The molecule has 23 heavy (non-hydrogen) atoms. The third-order valence-corrected chi connectivity index (χ3v) is 3.19. The maximum Gasteiger partial charge on any atom is 0.514 e. The van der Waals surface area contributed by atoms with E-state index in [1.807, 2.05) is 20.8 Å². The minimum Gasteiger partial charge on any atom is -0.506 e. The molecule has 0 fully saturated rings. The van der Waals surface area contributed by atoms with Gasteiger partial charge < -0.3 is 24.9 Å². The second-order valence-electron chi connectivity index (χ2n) is 6.14. The van der Waals surface area contributed by atoms with E-state index < -0.39 is 6.16 Å². The Labute approximate surface area is 133 Å². The molecule has 0 aliphatic heterocycles. The van der Waals surface area contributed by atoms with E-state index >= 15 is 0 Å². The highest BCUT2D eigenvalue weighted by atomic mass is 16.7. The number of aromatic amines is 1. The molecule has 0 saturated carbocycles. The Morgan fingerprint density at radius 3 is 2.61 bits per heavy atom. The van der Waals surface area contributed by atoms with Gasteiger partial charge in [-0.2, -0.15) is 0 Å². The van der Waals surface area contributed by atoms with Gasteiger partial charge in [-0.05, 0) is 32.9 Å². The minimum atomic E-state index is -0.890. The number of fused-ring (bicyclic) bond motifs is 1. The van der Waals surface area contributed by atoms with Gasteiger partial charge in [-0.15, -0.1) is 0 Å². The lowest BCUT2D eigenvalue weighted by Gasteiger charge is -2.19. The zero-order valence-corrected chi connectivity index (χ0v) is 13.5. The van der Waals surface area contributed by atoms with Gasteiger partial charge in [0.05, 0.1) is 19.2 Å². The first kappa shape index (κ1) is 16.8. The van der Waals surface area contributed by atoms with Crippen LogP contribution in [0.15, 0.2) is 18.2 Å². The average Bonchev–Trinajstić information content (AvgIpc) is 2.88. The summed E-state index contributed by atoms with van der Waals surface area (Å²) in [7, 11) is 1.19. The van der Waals surface area contributed by atoms with Gasteiger partial charge in [-0.1, -0.05) is 0 Å². The number of H-pyrrole nitrogens is 1. The maximum absolute atomic E-state index is 12.4. The topological polar surface area (TPSA) is 101 Å². The zero-order valence-electron chi connectivity index (χ0n) is 13.5. The maximum atomic E-state index is 12.4. The highest BCUT2D eigenvalue weighted by molar-refractivity contribution is 6.10. The summed E-state index contributed by atoms with van der Waals surface area (Å²) in [4.78, 5) is 26.3. The Hall–Kier alpha value is -2.54. The lowest BCUT2D eigenvalue weighted by Crippen LogP contribution is -2.39. The van der Waals surface area contributed by atoms with Gasteiger partial charge >= 0.3 is 6.16 Å².